The highest BCUT2D eigenvalue weighted by molar-refractivity contribution is 5.87. The van der Waals surface area contributed by atoms with Gasteiger partial charge >= 0.3 is 11.9 Å². The Morgan fingerprint density at radius 3 is 1.33 bits per heavy atom. The standard InChI is InChI=1S/C40H76N2O7/c1-3-5-7-9-11-13-14-15-16-17-18-21-25-29-35(49-39(46)32-28-24-19-12-10-8-6-4-2)30-26-22-20-23-27-31-37(44)41-33-38(45)42-36(34-43)40(47)48/h35-36,43H,3-34H2,1-2H3,(H,41,44)(H,42,45)(H,47,48). The number of rotatable bonds is 37. The molecule has 9 nitrogen and oxygen atoms in total. The van der Waals surface area contributed by atoms with Gasteiger partial charge in [0.1, 0.15) is 12.1 Å². The Labute approximate surface area is 299 Å². The molecular weight excluding hydrogens is 620 g/mol. The summed E-state index contributed by atoms with van der Waals surface area (Å²) in [6, 6.07) is -1.38. The fourth-order valence-electron chi connectivity index (χ4n) is 6.19. The maximum absolute atomic E-state index is 12.7. The van der Waals surface area contributed by atoms with E-state index in [1.54, 1.807) is 0 Å². The third kappa shape index (κ3) is 32.8. The Hall–Kier alpha value is -2.16. The molecule has 0 heterocycles. The van der Waals surface area contributed by atoms with Gasteiger partial charge in [0.2, 0.25) is 11.8 Å². The molecule has 0 saturated heterocycles. The number of aliphatic hydroxyl groups is 1. The Kier molecular flexibility index (Phi) is 34.1. The van der Waals surface area contributed by atoms with Crippen LogP contribution in [0.5, 0.6) is 0 Å². The lowest BCUT2D eigenvalue weighted by molar-refractivity contribution is -0.150. The zero-order valence-electron chi connectivity index (χ0n) is 31.7. The molecule has 0 aromatic heterocycles. The van der Waals surface area contributed by atoms with Crippen LogP contribution in [0.2, 0.25) is 0 Å². The summed E-state index contributed by atoms with van der Waals surface area (Å²) < 4.78 is 6.00. The minimum Gasteiger partial charge on any atom is -0.480 e. The molecule has 0 radical (unpaired) electrons. The van der Waals surface area contributed by atoms with Crippen LogP contribution in [0, 0.1) is 0 Å². The topological polar surface area (TPSA) is 142 Å². The first-order valence-electron chi connectivity index (χ1n) is 20.4. The van der Waals surface area contributed by atoms with E-state index in [-0.39, 0.29) is 24.5 Å². The van der Waals surface area contributed by atoms with Gasteiger partial charge in [0, 0.05) is 12.8 Å². The van der Waals surface area contributed by atoms with Crippen molar-refractivity contribution in [1.29, 1.82) is 0 Å². The number of hydrogen-bond acceptors (Lipinski definition) is 6. The zero-order valence-corrected chi connectivity index (χ0v) is 31.7. The third-order valence-corrected chi connectivity index (χ3v) is 9.35. The van der Waals surface area contributed by atoms with Crippen LogP contribution in [0.25, 0.3) is 0 Å². The smallest absolute Gasteiger partial charge is 0.328 e. The van der Waals surface area contributed by atoms with Crippen molar-refractivity contribution >= 4 is 23.8 Å². The molecule has 2 atom stereocenters. The second-order valence-corrected chi connectivity index (χ2v) is 14.1. The Balaban J connectivity index is 4.25. The summed E-state index contributed by atoms with van der Waals surface area (Å²) in [6.07, 6.45) is 34.1. The monoisotopic (exact) mass is 697 g/mol. The molecule has 49 heavy (non-hydrogen) atoms. The normalized spacial score (nSPS) is 12.4. The Morgan fingerprint density at radius 2 is 0.918 bits per heavy atom. The van der Waals surface area contributed by atoms with Crippen LogP contribution in [0.15, 0.2) is 0 Å². The van der Waals surface area contributed by atoms with Gasteiger partial charge in [-0.05, 0) is 38.5 Å². The molecule has 0 aliphatic carbocycles. The summed E-state index contributed by atoms with van der Waals surface area (Å²) in [5, 5.41) is 22.5. The van der Waals surface area contributed by atoms with Crippen LogP contribution in [0.4, 0.5) is 0 Å². The summed E-state index contributed by atoms with van der Waals surface area (Å²) in [4.78, 5) is 47.4. The van der Waals surface area contributed by atoms with Gasteiger partial charge in [-0.15, -0.1) is 0 Å². The van der Waals surface area contributed by atoms with E-state index in [4.69, 9.17) is 14.9 Å². The molecule has 0 aromatic carbocycles. The minimum absolute atomic E-state index is 0.00210. The van der Waals surface area contributed by atoms with Gasteiger partial charge in [0.15, 0.2) is 0 Å². The molecule has 0 rings (SSSR count). The SMILES string of the molecule is CCCCCCCCCCCCCCCC(CCCCCCCC(=O)NCC(=O)NC(CO)C(=O)O)OC(=O)CCCCCCCCCC. The zero-order chi connectivity index (χ0) is 36.2. The lowest BCUT2D eigenvalue weighted by Gasteiger charge is -2.18. The largest absolute Gasteiger partial charge is 0.480 e. The fourth-order valence-corrected chi connectivity index (χ4v) is 6.19. The average molecular weight is 697 g/mol. The van der Waals surface area contributed by atoms with Gasteiger partial charge < -0.3 is 25.6 Å². The first kappa shape index (κ1) is 46.8. The first-order chi connectivity index (χ1) is 23.8. The maximum Gasteiger partial charge on any atom is 0.328 e. The number of aliphatic hydroxyl groups excluding tert-OH is 1. The van der Waals surface area contributed by atoms with Crippen molar-refractivity contribution in [1.82, 2.24) is 10.6 Å². The summed E-state index contributed by atoms with van der Waals surface area (Å²) >= 11 is 0. The molecule has 288 valence electrons. The van der Waals surface area contributed by atoms with E-state index in [0.29, 0.717) is 19.3 Å². The van der Waals surface area contributed by atoms with Gasteiger partial charge in [-0.3, -0.25) is 14.4 Å². The van der Waals surface area contributed by atoms with Crippen LogP contribution in [-0.4, -0.2) is 59.3 Å². The summed E-state index contributed by atoms with van der Waals surface area (Å²) in [5.74, 6) is -2.28. The van der Waals surface area contributed by atoms with Crippen molar-refractivity contribution < 1.29 is 34.1 Å². The minimum atomic E-state index is -1.38. The van der Waals surface area contributed by atoms with E-state index in [1.165, 1.54) is 116 Å². The quantitative estimate of drug-likeness (QED) is 0.0375. The lowest BCUT2D eigenvalue weighted by Crippen LogP contribution is -2.47. The molecular formula is C40H76N2O7. The molecule has 0 aromatic rings. The van der Waals surface area contributed by atoms with E-state index in [0.717, 1.165) is 57.8 Å². The number of carboxylic acids is 1. The van der Waals surface area contributed by atoms with Crippen molar-refractivity contribution in [3.8, 4) is 0 Å². The molecule has 0 aliphatic heterocycles. The highest BCUT2D eigenvalue weighted by Gasteiger charge is 2.19. The molecule has 0 fully saturated rings. The fraction of sp³-hybridized carbons (Fsp3) is 0.900. The van der Waals surface area contributed by atoms with Gasteiger partial charge in [0.25, 0.3) is 0 Å². The molecule has 2 amide bonds. The van der Waals surface area contributed by atoms with Crippen molar-refractivity contribution in [3.05, 3.63) is 0 Å². The van der Waals surface area contributed by atoms with Gasteiger partial charge in [-0.1, -0.05) is 155 Å². The lowest BCUT2D eigenvalue weighted by atomic mass is 10.0. The van der Waals surface area contributed by atoms with Crippen molar-refractivity contribution in [2.45, 2.75) is 219 Å². The predicted molar refractivity (Wildman–Crippen MR) is 199 cm³/mol. The van der Waals surface area contributed by atoms with E-state index in [1.807, 2.05) is 0 Å². The molecule has 0 bridgehead atoms. The molecule has 2 unspecified atom stereocenters. The number of esters is 1. The number of carboxylic acid groups (broad SMARTS) is 1. The highest BCUT2D eigenvalue weighted by Crippen LogP contribution is 2.19. The van der Waals surface area contributed by atoms with E-state index >= 15 is 0 Å². The van der Waals surface area contributed by atoms with Crippen molar-refractivity contribution in [3.63, 3.8) is 0 Å². The second kappa shape index (κ2) is 35.7. The summed E-state index contributed by atoms with van der Waals surface area (Å²) in [7, 11) is 0. The number of carbonyl (C=O) groups is 4. The number of nitrogens with one attached hydrogen (secondary N) is 2. The molecule has 9 heteroatoms. The number of carbonyl (C=O) groups excluding carboxylic acids is 3. The molecule has 0 spiro atoms. The van der Waals surface area contributed by atoms with Gasteiger partial charge in [0.05, 0.1) is 13.2 Å². The van der Waals surface area contributed by atoms with Crippen molar-refractivity contribution in [2.24, 2.45) is 0 Å². The number of unbranched alkanes of at least 4 members (excludes halogenated alkanes) is 23. The van der Waals surface area contributed by atoms with Crippen LogP contribution >= 0.6 is 0 Å². The third-order valence-electron chi connectivity index (χ3n) is 9.35. The Morgan fingerprint density at radius 1 is 0.531 bits per heavy atom. The number of ether oxygens (including phenoxy) is 1. The van der Waals surface area contributed by atoms with Crippen LogP contribution in [0.1, 0.15) is 206 Å². The predicted octanol–water partition coefficient (Wildman–Crippen LogP) is 9.32. The van der Waals surface area contributed by atoms with Gasteiger partial charge in [-0.2, -0.15) is 0 Å². The Bertz CT molecular complexity index is 807. The average Bonchev–Trinajstić information content (AvgIpc) is 3.08. The van der Waals surface area contributed by atoms with E-state index in [9.17, 15) is 19.2 Å². The number of amides is 2. The molecule has 0 saturated carbocycles. The van der Waals surface area contributed by atoms with Crippen molar-refractivity contribution in [2.75, 3.05) is 13.2 Å². The van der Waals surface area contributed by atoms with Crippen LogP contribution in [0.3, 0.4) is 0 Å². The first-order valence-corrected chi connectivity index (χ1v) is 20.4. The van der Waals surface area contributed by atoms with E-state index < -0.39 is 24.5 Å². The van der Waals surface area contributed by atoms with Crippen LogP contribution in [-0.2, 0) is 23.9 Å². The molecule has 4 N–H and O–H groups in total. The number of hydrogen-bond donors (Lipinski definition) is 4. The van der Waals surface area contributed by atoms with Crippen LogP contribution < -0.4 is 10.6 Å². The highest BCUT2D eigenvalue weighted by atomic mass is 16.5. The van der Waals surface area contributed by atoms with Gasteiger partial charge in [-0.25, -0.2) is 4.79 Å². The number of aliphatic carboxylic acids is 1. The van der Waals surface area contributed by atoms with E-state index in [2.05, 4.69) is 24.5 Å². The second-order valence-electron chi connectivity index (χ2n) is 14.1. The summed E-state index contributed by atoms with van der Waals surface area (Å²) in [6.45, 7) is 3.47. The summed E-state index contributed by atoms with van der Waals surface area (Å²) in [5.41, 5.74) is 0. The molecule has 0 aliphatic rings. The maximum atomic E-state index is 12.7.